The molecule has 1 amide bonds. The van der Waals surface area contributed by atoms with Gasteiger partial charge in [0.1, 0.15) is 6.61 Å². The summed E-state index contributed by atoms with van der Waals surface area (Å²) in [7, 11) is 1.14. The molecule has 0 N–H and O–H groups in total. The van der Waals surface area contributed by atoms with Gasteiger partial charge in [-0.2, -0.15) is 13.2 Å². The minimum Gasteiger partial charge on any atom is -0.493 e. The molecule has 0 radical (unpaired) electrons. The summed E-state index contributed by atoms with van der Waals surface area (Å²) in [5.41, 5.74) is -0.242. The number of rotatable bonds is 5. The SMILES string of the molecule is COc1cnc(N2CCN(C(=O)OCc3ccccc3)C[C@H]2C(C)C)nc1C(F)(F)F. The lowest BCUT2D eigenvalue weighted by molar-refractivity contribution is -0.142. The topological polar surface area (TPSA) is 67.8 Å². The zero-order chi connectivity index (χ0) is 22.6. The van der Waals surface area contributed by atoms with Crippen LogP contribution in [0.2, 0.25) is 0 Å². The van der Waals surface area contributed by atoms with Gasteiger partial charge < -0.3 is 19.3 Å². The smallest absolute Gasteiger partial charge is 0.437 e. The quantitative estimate of drug-likeness (QED) is 0.703. The van der Waals surface area contributed by atoms with Gasteiger partial charge >= 0.3 is 12.3 Å². The highest BCUT2D eigenvalue weighted by molar-refractivity contribution is 5.68. The zero-order valence-electron chi connectivity index (χ0n) is 17.6. The summed E-state index contributed by atoms with van der Waals surface area (Å²) >= 11 is 0. The fourth-order valence-electron chi connectivity index (χ4n) is 3.46. The number of anilines is 1. The maximum atomic E-state index is 13.4. The largest absolute Gasteiger partial charge is 0.493 e. The average molecular weight is 438 g/mol. The number of halogens is 3. The third-order valence-electron chi connectivity index (χ3n) is 5.14. The molecule has 7 nitrogen and oxygen atoms in total. The number of piperazine rings is 1. The highest BCUT2D eigenvalue weighted by atomic mass is 19.4. The molecule has 0 spiro atoms. The summed E-state index contributed by atoms with van der Waals surface area (Å²) in [6, 6.07) is 9.06. The first-order valence-corrected chi connectivity index (χ1v) is 9.91. The third kappa shape index (κ3) is 5.36. The molecule has 31 heavy (non-hydrogen) atoms. The van der Waals surface area contributed by atoms with Crippen LogP contribution in [0.4, 0.5) is 23.9 Å². The molecule has 2 aromatic rings. The van der Waals surface area contributed by atoms with Gasteiger partial charge in [0.2, 0.25) is 5.95 Å². The molecular weight excluding hydrogens is 413 g/mol. The molecule has 1 aliphatic heterocycles. The van der Waals surface area contributed by atoms with Gasteiger partial charge in [-0.15, -0.1) is 0 Å². The van der Waals surface area contributed by atoms with Crippen LogP contribution in [0.15, 0.2) is 36.5 Å². The molecule has 168 valence electrons. The van der Waals surface area contributed by atoms with Crippen LogP contribution in [-0.4, -0.2) is 53.7 Å². The molecule has 1 aromatic carbocycles. The van der Waals surface area contributed by atoms with Crippen molar-refractivity contribution in [2.45, 2.75) is 32.7 Å². The monoisotopic (exact) mass is 438 g/mol. The van der Waals surface area contributed by atoms with Crippen LogP contribution in [0.25, 0.3) is 0 Å². The van der Waals surface area contributed by atoms with Crippen molar-refractivity contribution in [3.8, 4) is 5.75 Å². The second kappa shape index (κ2) is 9.40. The van der Waals surface area contributed by atoms with Crippen molar-refractivity contribution in [2.75, 3.05) is 31.6 Å². The van der Waals surface area contributed by atoms with Crippen LogP contribution < -0.4 is 9.64 Å². The van der Waals surface area contributed by atoms with E-state index in [9.17, 15) is 18.0 Å². The second-order valence-corrected chi connectivity index (χ2v) is 7.58. The van der Waals surface area contributed by atoms with E-state index in [4.69, 9.17) is 9.47 Å². The molecular formula is C21H25F3N4O3. The van der Waals surface area contributed by atoms with Gasteiger partial charge in [-0.05, 0) is 11.5 Å². The van der Waals surface area contributed by atoms with Crippen LogP contribution in [0, 0.1) is 5.92 Å². The van der Waals surface area contributed by atoms with Crippen molar-refractivity contribution in [3.63, 3.8) is 0 Å². The number of hydrogen-bond acceptors (Lipinski definition) is 6. The summed E-state index contributed by atoms with van der Waals surface area (Å²) in [6.07, 6.45) is -4.09. The van der Waals surface area contributed by atoms with Crippen molar-refractivity contribution >= 4 is 12.0 Å². The molecule has 1 saturated heterocycles. The van der Waals surface area contributed by atoms with Gasteiger partial charge in [0.15, 0.2) is 11.4 Å². The molecule has 3 rings (SSSR count). The van der Waals surface area contributed by atoms with Crippen molar-refractivity contribution in [3.05, 3.63) is 47.8 Å². The van der Waals surface area contributed by atoms with Gasteiger partial charge in [-0.3, -0.25) is 0 Å². The number of ether oxygens (including phenoxy) is 2. The van der Waals surface area contributed by atoms with E-state index in [1.165, 1.54) is 0 Å². The number of alkyl halides is 3. The zero-order valence-corrected chi connectivity index (χ0v) is 17.6. The third-order valence-corrected chi connectivity index (χ3v) is 5.14. The lowest BCUT2D eigenvalue weighted by Crippen LogP contribution is -2.57. The van der Waals surface area contributed by atoms with Crippen LogP contribution in [0.1, 0.15) is 25.1 Å². The van der Waals surface area contributed by atoms with E-state index in [2.05, 4.69) is 9.97 Å². The molecule has 1 atom stereocenters. The van der Waals surface area contributed by atoms with Crippen molar-refractivity contribution in [1.82, 2.24) is 14.9 Å². The molecule has 0 aliphatic carbocycles. The fourth-order valence-corrected chi connectivity index (χ4v) is 3.46. The Kier molecular flexibility index (Phi) is 6.87. The van der Waals surface area contributed by atoms with E-state index >= 15 is 0 Å². The van der Waals surface area contributed by atoms with Crippen LogP contribution in [0.5, 0.6) is 5.75 Å². The number of benzene rings is 1. The normalized spacial score (nSPS) is 17.1. The van der Waals surface area contributed by atoms with Gasteiger partial charge in [-0.25, -0.2) is 14.8 Å². The first-order valence-electron chi connectivity index (χ1n) is 9.91. The number of carbonyl (C=O) groups is 1. The molecule has 1 aliphatic rings. The first kappa shape index (κ1) is 22.6. The predicted octanol–water partition coefficient (Wildman–Crippen LogP) is 3.99. The summed E-state index contributed by atoms with van der Waals surface area (Å²) in [4.78, 5) is 23.6. The Hall–Kier alpha value is -3.04. The first-order chi connectivity index (χ1) is 14.7. The average Bonchev–Trinajstić information content (AvgIpc) is 2.76. The predicted molar refractivity (Wildman–Crippen MR) is 108 cm³/mol. The Bertz CT molecular complexity index is 893. The van der Waals surface area contributed by atoms with Crippen LogP contribution in [0.3, 0.4) is 0 Å². The van der Waals surface area contributed by atoms with Gasteiger partial charge in [0.05, 0.1) is 19.3 Å². The molecule has 1 aromatic heterocycles. The summed E-state index contributed by atoms with van der Waals surface area (Å²) in [6.45, 7) is 4.89. The Morgan fingerprint density at radius 1 is 1.23 bits per heavy atom. The number of amides is 1. The fraction of sp³-hybridized carbons (Fsp3) is 0.476. The molecule has 1 fully saturated rings. The standard InChI is InChI=1S/C21H25F3N4O3/c1-14(2)16-12-27(20(29)31-13-15-7-5-4-6-8-15)9-10-28(16)19-25-11-17(30-3)18(26-19)21(22,23)24/h4-8,11,14,16H,9-10,12-13H2,1-3H3/t16-/m0/s1. The maximum Gasteiger partial charge on any atom is 0.437 e. The lowest BCUT2D eigenvalue weighted by Gasteiger charge is -2.43. The van der Waals surface area contributed by atoms with Gasteiger partial charge in [0.25, 0.3) is 0 Å². The minimum atomic E-state index is -4.67. The number of hydrogen-bond donors (Lipinski definition) is 0. The Morgan fingerprint density at radius 3 is 2.55 bits per heavy atom. The molecule has 2 heterocycles. The number of nitrogens with zero attached hydrogens (tertiary/aromatic N) is 4. The van der Waals surface area contributed by atoms with E-state index in [0.717, 1.165) is 18.9 Å². The summed E-state index contributed by atoms with van der Waals surface area (Å²) in [5.74, 6) is -0.436. The Morgan fingerprint density at radius 2 is 1.94 bits per heavy atom. The Labute approximate surface area is 178 Å². The summed E-state index contributed by atoms with van der Waals surface area (Å²) < 4.78 is 50.3. The van der Waals surface area contributed by atoms with E-state index < -0.39 is 23.7 Å². The molecule has 10 heteroatoms. The van der Waals surface area contributed by atoms with E-state index in [1.54, 1.807) is 9.80 Å². The molecule has 0 bridgehead atoms. The van der Waals surface area contributed by atoms with E-state index in [0.29, 0.717) is 6.54 Å². The van der Waals surface area contributed by atoms with E-state index in [-0.39, 0.29) is 37.6 Å². The van der Waals surface area contributed by atoms with E-state index in [1.807, 2.05) is 44.2 Å². The van der Waals surface area contributed by atoms with Gasteiger partial charge in [0, 0.05) is 19.6 Å². The second-order valence-electron chi connectivity index (χ2n) is 7.58. The lowest BCUT2D eigenvalue weighted by atomic mass is 10.00. The molecule has 0 unspecified atom stereocenters. The summed E-state index contributed by atoms with van der Waals surface area (Å²) in [5, 5.41) is 0. The minimum absolute atomic E-state index is 0.0322. The highest BCUT2D eigenvalue weighted by Crippen LogP contribution is 2.35. The molecule has 0 saturated carbocycles. The number of aromatic nitrogens is 2. The van der Waals surface area contributed by atoms with Crippen LogP contribution >= 0.6 is 0 Å². The number of carbonyl (C=O) groups excluding carboxylic acids is 1. The maximum absolute atomic E-state index is 13.4. The number of methoxy groups -OCH3 is 1. The van der Waals surface area contributed by atoms with Gasteiger partial charge in [-0.1, -0.05) is 44.2 Å². The van der Waals surface area contributed by atoms with Crippen LogP contribution in [-0.2, 0) is 17.5 Å². The van der Waals surface area contributed by atoms with Crippen molar-refractivity contribution < 1.29 is 27.4 Å². The van der Waals surface area contributed by atoms with Crippen molar-refractivity contribution in [1.29, 1.82) is 0 Å². The van der Waals surface area contributed by atoms with Crippen molar-refractivity contribution in [2.24, 2.45) is 5.92 Å². The Balaban J connectivity index is 1.74. The highest BCUT2D eigenvalue weighted by Gasteiger charge is 2.39.